The maximum Gasteiger partial charge on any atom is 0.222 e. The first-order chi connectivity index (χ1) is 11.1. The number of furan rings is 1. The summed E-state index contributed by atoms with van der Waals surface area (Å²) in [5, 5.41) is 4.18. The summed E-state index contributed by atoms with van der Waals surface area (Å²) in [7, 11) is 0. The van der Waals surface area contributed by atoms with Crippen LogP contribution in [-0.2, 0) is 17.8 Å². The highest BCUT2D eigenvalue weighted by Crippen LogP contribution is 2.24. The van der Waals surface area contributed by atoms with Gasteiger partial charge in [-0.05, 0) is 37.3 Å². The van der Waals surface area contributed by atoms with Crippen LogP contribution in [0.1, 0.15) is 19.1 Å². The maximum absolute atomic E-state index is 12.1. The monoisotopic (exact) mass is 374 g/mol. The third-order valence-electron chi connectivity index (χ3n) is 3.84. The van der Waals surface area contributed by atoms with Gasteiger partial charge in [-0.1, -0.05) is 22.0 Å². The van der Waals surface area contributed by atoms with Crippen LogP contribution in [0.2, 0.25) is 0 Å². The zero-order valence-electron chi connectivity index (χ0n) is 13.0. The summed E-state index contributed by atoms with van der Waals surface area (Å²) in [6.45, 7) is 2.65. The predicted molar refractivity (Wildman–Crippen MR) is 94.3 cm³/mol. The zero-order valence-corrected chi connectivity index (χ0v) is 14.5. The van der Waals surface area contributed by atoms with Crippen molar-refractivity contribution in [2.75, 3.05) is 0 Å². The van der Waals surface area contributed by atoms with Crippen molar-refractivity contribution in [2.45, 2.75) is 32.4 Å². The number of rotatable bonds is 6. The fourth-order valence-electron chi connectivity index (χ4n) is 2.73. The van der Waals surface area contributed by atoms with E-state index in [9.17, 15) is 4.79 Å². The standard InChI is InChI=1S/C18H19BrN2O2/c1-13(12-14-4-3-11-23-14)20-18(22)8-10-21-9-7-15-16(19)5-2-6-17(15)21/h2-7,9,11,13H,8,10,12H2,1H3,(H,20,22)/t13-/m1/s1. The lowest BCUT2D eigenvalue weighted by atomic mass is 10.2. The summed E-state index contributed by atoms with van der Waals surface area (Å²) in [5.41, 5.74) is 1.14. The average Bonchev–Trinajstić information content (AvgIpc) is 3.15. The molecule has 2 aromatic heterocycles. The van der Waals surface area contributed by atoms with Crippen LogP contribution in [-0.4, -0.2) is 16.5 Å². The molecule has 0 fully saturated rings. The highest BCUT2D eigenvalue weighted by molar-refractivity contribution is 9.10. The molecule has 1 amide bonds. The van der Waals surface area contributed by atoms with Crippen molar-refractivity contribution in [1.82, 2.24) is 9.88 Å². The number of fused-ring (bicyclic) bond motifs is 1. The van der Waals surface area contributed by atoms with Crippen molar-refractivity contribution in [3.05, 3.63) is 59.1 Å². The van der Waals surface area contributed by atoms with Crippen molar-refractivity contribution >= 4 is 32.7 Å². The molecule has 0 aliphatic rings. The van der Waals surface area contributed by atoms with Gasteiger partial charge in [0.1, 0.15) is 5.76 Å². The maximum atomic E-state index is 12.1. The molecule has 0 aliphatic heterocycles. The highest BCUT2D eigenvalue weighted by atomic mass is 79.9. The largest absolute Gasteiger partial charge is 0.469 e. The first-order valence-corrected chi connectivity index (χ1v) is 8.48. The molecule has 0 radical (unpaired) electrons. The van der Waals surface area contributed by atoms with Gasteiger partial charge in [-0.2, -0.15) is 0 Å². The number of nitrogens with one attached hydrogen (secondary N) is 1. The molecular weight excluding hydrogens is 356 g/mol. The Morgan fingerprint density at radius 1 is 1.30 bits per heavy atom. The van der Waals surface area contributed by atoms with Crippen molar-refractivity contribution in [1.29, 1.82) is 0 Å². The van der Waals surface area contributed by atoms with Gasteiger partial charge in [0.15, 0.2) is 0 Å². The van der Waals surface area contributed by atoms with E-state index in [-0.39, 0.29) is 11.9 Å². The molecule has 23 heavy (non-hydrogen) atoms. The first-order valence-electron chi connectivity index (χ1n) is 7.68. The number of carbonyl (C=O) groups excluding carboxylic acids is 1. The number of benzene rings is 1. The van der Waals surface area contributed by atoms with Gasteiger partial charge < -0.3 is 14.3 Å². The number of hydrogen-bond donors (Lipinski definition) is 1. The molecule has 2 heterocycles. The Hall–Kier alpha value is -2.01. The Bertz CT molecular complexity index is 793. The van der Waals surface area contributed by atoms with Gasteiger partial charge in [-0.25, -0.2) is 0 Å². The number of carbonyl (C=O) groups is 1. The van der Waals surface area contributed by atoms with Gasteiger partial charge in [-0.15, -0.1) is 0 Å². The van der Waals surface area contributed by atoms with Gasteiger partial charge in [0.05, 0.1) is 6.26 Å². The molecule has 1 aromatic carbocycles. The molecule has 0 saturated heterocycles. The van der Waals surface area contributed by atoms with Crippen LogP contribution in [0.15, 0.2) is 57.7 Å². The van der Waals surface area contributed by atoms with Crippen LogP contribution in [0, 0.1) is 0 Å². The molecule has 0 saturated carbocycles. The molecule has 0 bridgehead atoms. The van der Waals surface area contributed by atoms with E-state index in [0.717, 1.165) is 15.7 Å². The van der Waals surface area contributed by atoms with Crippen molar-refractivity contribution in [3.8, 4) is 0 Å². The van der Waals surface area contributed by atoms with Gasteiger partial charge in [0.25, 0.3) is 0 Å². The molecule has 1 atom stereocenters. The van der Waals surface area contributed by atoms with E-state index in [1.54, 1.807) is 6.26 Å². The SMILES string of the molecule is C[C@H](Cc1ccco1)NC(=O)CCn1ccc2c(Br)cccc21. The number of amides is 1. The summed E-state index contributed by atoms with van der Waals surface area (Å²) < 4.78 is 8.49. The van der Waals surface area contributed by atoms with Crippen LogP contribution in [0.3, 0.4) is 0 Å². The van der Waals surface area contributed by atoms with Crippen LogP contribution < -0.4 is 5.32 Å². The topological polar surface area (TPSA) is 47.2 Å². The Kier molecular flexibility index (Phi) is 4.86. The number of aryl methyl sites for hydroxylation is 1. The third-order valence-corrected chi connectivity index (χ3v) is 4.53. The molecular formula is C18H19BrN2O2. The van der Waals surface area contributed by atoms with E-state index in [2.05, 4.69) is 37.9 Å². The number of hydrogen-bond acceptors (Lipinski definition) is 2. The molecule has 5 heteroatoms. The van der Waals surface area contributed by atoms with Gasteiger partial charge in [-0.3, -0.25) is 4.79 Å². The van der Waals surface area contributed by atoms with E-state index in [0.29, 0.717) is 19.4 Å². The Morgan fingerprint density at radius 2 is 2.17 bits per heavy atom. The van der Waals surface area contributed by atoms with Crippen LogP contribution in [0.25, 0.3) is 10.9 Å². The highest BCUT2D eigenvalue weighted by Gasteiger charge is 2.10. The molecule has 0 aliphatic carbocycles. The Labute approximate surface area is 143 Å². The van der Waals surface area contributed by atoms with Gasteiger partial charge in [0, 0.05) is 47.0 Å². The zero-order chi connectivity index (χ0) is 16.2. The van der Waals surface area contributed by atoms with Crippen LogP contribution in [0.5, 0.6) is 0 Å². The number of halogens is 1. The lowest BCUT2D eigenvalue weighted by molar-refractivity contribution is -0.121. The second kappa shape index (κ2) is 7.04. The Morgan fingerprint density at radius 3 is 2.96 bits per heavy atom. The van der Waals surface area contributed by atoms with Crippen molar-refractivity contribution < 1.29 is 9.21 Å². The second-order valence-electron chi connectivity index (χ2n) is 5.68. The molecule has 4 nitrogen and oxygen atoms in total. The van der Waals surface area contributed by atoms with E-state index in [4.69, 9.17) is 4.42 Å². The van der Waals surface area contributed by atoms with Crippen LogP contribution in [0.4, 0.5) is 0 Å². The minimum Gasteiger partial charge on any atom is -0.469 e. The molecule has 0 unspecified atom stereocenters. The molecule has 120 valence electrons. The smallest absolute Gasteiger partial charge is 0.222 e. The van der Waals surface area contributed by atoms with Crippen molar-refractivity contribution in [3.63, 3.8) is 0 Å². The molecule has 1 N–H and O–H groups in total. The lowest BCUT2D eigenvalue weighted by Gasteiger charge is -2.13. The number of aromatic nitrogens is 1. The molecule has 3 aromatic rings. The summed E-state index contributed by atoms with van der Waals surface area (Å²) in [5.74, 6) is 0.944. The second-order valence-corrected chi connectivity index (χ2v) is 6.54. The normalized spacial score (nSPS) is 12.4. The molecule has 3 rings (SSSR count). The first kappa shape index (κ1) is 15.9. The van der Waals surface area contributed by atoms with E-state index >= 15 is 0 Å². The number of nitrogens with zero attached hydrogens (tertiary/aromatic N) is 1. The van der Waals surface area contributed by atoms with Gasteiger partial charge >= 0.3 is 0 Å². The van der Waals surface area contributed by atoms with Gasteiger partial charge in [0.2, 0.25) is 5.91 Å². The fraction of sp³-hybridized carbons (Fsp3) is 0.278. The minimum atomic E-state index is 0.0564. The van der Waals surface area contributed by atoms with Crippen LogP contribution >= 0.6 is 15.9 Å². The summed E-state index contributed by atoms with van der Waals surface area (Å²) in [6.07, 6.45) is 4.84. The predicted octanol–water partition coefficient (Wildman–Crippen LogP) is 4.13. The van der Waals surface area contributed by atoms with Crippen molar-refractivity contribution in [2.24, 2.45) is 0 Å². The quantitative estimate of drug-likeness (QED) is 0.704. The summed E-state index contributed by atoms with van der Waals surface area (Å²) in [6, 6.07) is 12.0. The third kappa shape index (κ3) is 3.85. The van der Waals surface area contributed by atoms with E-state index in [1.165, 1.54) is 5.39 Å². The summed E-state index contributed by atoms with van der Waals surface area (Å²) >= 11 is 3.55. The summed E-state index contributed by atoms with van der Waals surface area (Å²) in [4.78, 5) is 12.1. The lowest BCUT2D eigenvalue weighted by Crippen LogP contribution is -2.34. The fourth-order valence-corrected chi connectivity index (χ4v) is 3.22. The minimum absolute atomic E-state index is 0.0564. The van der Waals surface area contributed by atoms with E-state index < -0.39 is 0 Å². The Balaban J connectivity index is 1.55. The molecule has 0 spiro atoms. The average molecular weight is 375 g/mol. The van der Waals surface area contributed by atoms with E-state index in [1.807, 2.05) is 37.4 Å².